The first kappa shape index (κ1) is 16.7. The van der Waals surface area contributed by atoms with Gasteiger partial charge in [0.1, 0.15) is 0 Å². The zero-order valence-electron chi connectivity index (χ0n) is 9.78. The maximum absolute atomic E-state index is 11.2. The van der Waals surface area contributed by atoms with Crippen molar-refractivity contribution in [2.24, 2.45) is 0 Å². The van der Waals surface area contributed by atoms with E-state index in [9.17, 15) is 18.4 Å². The quantitative estimate of drug-likeness (QED) is 0.672. The molecule has 0 saturated heterocycles. The molecule has 4 nitrogen and oxygen atoms in total. The fourth-order valence-electron chi connectivity index (χ4n) is 0.406. The normalized spacial score (nSPS) is 9.88. The molecule has 0 spiro atoms. The van der Waals surface area contributed by atoms with Gasteiger partial charge < -0.3 is 9.80 Å². The van der Waals surface area contributed by atoms with Crippen LogP contribution in [0.1, 0.15) is 0 Å². The smallest absolute Gasteiger partial charge is 0.248 e. The van der Waals surface area contributed by atoms with E-state index in [0.29, 0.717) is 0 Å². The summed E-state index contributed by atoms with van der Waals surface area (Å²) in [4.78, 5) is 23.3. The van der Waals surface area contributed by atoms with Crippen LogP contribution >= 0.6 is 0 Å². The van der Waals surface area contributed by atoms with Crippen molar-refractivity contribution < 1.29 is 18.4 Å². The van der Waals surface area contributed by atoms with Crippen molar-refractivity contribution in [3.63, 3.8) is 0 Å². The zero-order chi connectivity index (χ0) is 13.1. The average Bonchev–Trinajstić information content (AvgIpc) is 2.19. The molecule has 0 atom stereocenters. The van der Waals surface area contributed by atoms with Crippen molar-refractivity contribution >= 4 is 11.8 Å². The summed E-state index contributed by atoms with van der Waals surface area (Å²) in [6.45, 7) is 0. The van der Waals surface area contributed by atoms with Crippen LogP contribution in [0.25, 0.3) is 0 Å². The minimum absolute atomic E-state index is 0.225. The van der Waals surface area contributed by atoms with Crippen LogP contribution < -0.4 is 0 Å². The molecular formula is C10H16F2N2O2. The number of amides is 2. The van der Waals surface area contributed by atoms with Gasteiger partial charge in [-0.15, -0.1) is 0 Å². The first-order valence-electron chi connectivity index (χ1n) is 4.32. The molecule has 6 heteroatoms. The SMILES string of the molecule is CN(C)C(=O)C=CF.CN(C)C(=O)C=CF. The molecule has 0 aromatic heterocycles. The van der Waals surface area contributed by atoms with E-state index in [-0.39, 0.29) is 24.5 Å². The van der Waals surface area contributed by atoms with Crippen molar-refractivity contribution in [2.45, 2.75) is 0 Å². The van der Waals surface area contributed by atoms with E-state index in [2.05, 4.69) is 0 Å². The highest BCUT2D eigenvalue weighted by Gasteiger charge is 1.94. The standard InChI is InChI=1S/2C5H8FNO/c2*1-7(2)5(8)3-4-6/h2*3-4H,1-2H3. The summed E-state index contributed by atoms with van der Waals surface area (Å²) in [6, 6.07) is 0. The van der Waals surface area contributed by atoms with Gasteiger partial charge >= 0.3 is 0 Å². The first-order chi connectivity index (χ1) is 7.36. The summed E-state index contributed by atoms with van der Waals surface area (Å²) in [7, 11) is 6.23. The molecule has 0 aliphatic heterocycles. The van der Waals surface area contributed by atoms with Gasteiger partial charge in [-0.1, -0.05) is 0 Å². The van der Waals surface area contributed by atoms with Gasteiger partial charge in [-0.2, -0.15) is 0 Å². The van der Waals surface area contributed by atoms with Gasteiger partial charge in [-0.3, -0.25) is 9.59 Å². The van der Waals surface area contributed by atoms with Crippen LogP contribution in [-0.2, 0) is 9.59 Å². The maximum atomic E-state index is 11.2. The number of hydrogen-bond acceptors (Lipinski definition) is 2. The lowest BCUT2D eigenvalue weighted by molar-refractivity contribution is -0.124. The van der Waals surface area contributed by atoms with Gasteiger partial charge in [0.15, 0.2) is 0 Å². The Morgan fingerprint density at radius 1 is 0.812 bits per heavy atom. The van der Waals surface area contributed by atoms with Crippen molar-refractivity contribution in [1.29, 1.82) is 0 Å². The molecule has 0 heterocycles. The Kier molecular flexibility index (Phi) is 10.3. The number of nitrogens with zero attached hydrogens (tertiary/aromatic N) is 2. The largest absolute Gasteiger partial charge is 0.345 e. The topological polar surface area (TPSA) is 40.6 Å². The minimum atomic E-state index is -0.340. The number of rotatable bonds is 2. The van der Waals surface area contributed by atoms with Gasteiger partial charge in [0, 0.05) is 40.3 Å². The molecule has 0 aliphatic carbocycles. The van der Waals surface area contributed by atoms with Gasteiger partial charge in [0.25, 0.3) is 0 Å². The Hall–Kier alpha value is -1.72. The van der Waals surface area contributed by atoms with Crippen molar-refractivity contribution in [3.8, 4) is 0 Å². The molecule has 92 valence electrons. The summed E-state index contributed by atoms with van der Waals surface area (Å²) in [5.74, 6) is -0.681. The lowest BCUT2D eigenvalue weighted by Crippen LogP contribution is -2.18. The van der Waals surface area contributed by atoms with Crippen LogP contribution in [0, 0.1) is 0 Å². The number of hydrogen-bond donors (Lipinski definition) is 0. The van der Waals surface area contributed by atoms with Crippen LogP contribution in [0.4, 0.5) is 8.78 Å². The highest BCUT2D eigenvalue weighted by molar-refractivity contribution is 5.87. The van der Waals surface area contributed by atoms with Crippen molar-refractivity contribution in [3.05, 3.63) is 24.8 Å². The molecule has 0 rings (SSSR count). The molecule has 16 heavy (non-hydrogen) atoms. The molecule has 2 amide bonds. The Bertz CT molecular complexity index is 246. The minimum Gasteiger partial charge on any atom is -0.345 e. The molecular weight excluding hydrogens is 218 g/mol. The third kappa shape index (κ3) is 10.4. The molecule has 0 radical (unpaired) electrons. The second-order valence-electron chi connectivity index (χ2n) is 3.05. The Morgan fingerprint density at radius 2 is 1.06 bits per heavy atom. The monoisotopic (exact) mass is 234 g/mol. The van der Waals surface area contributed by atoms with Crippen LogP contribution in [0.2, 0.25) is 0 Å². The molecule has 0 bridgehead atoms. The van der Waals surface area contributed by atoms with Crippen LogP contribution in [0.5, 0.6) is 0 Å². The lowest BCUT2D eigenvalue weighted by atomic mass is 10.5. The molecule has 0 saturated carbocycles. The van der Waals surface area contributed by atoms with Crippen LogP contribution in [0.3, 0.4) is 0 Å². The Balaban J connectivity index is 0. The lowest BCUT2D eigenvalue weighted by Gasteiger charge is -2.03. The molecule has 0 unspecified atom stereocenters. The van der Waals surface area contributed by atoms with E-state index < -0.39 is 0 Å². The molecule has 0 N–H and O–H groups in total. The summed E-state index contributed by atoms with van der Waals surface area (Å²) in [5, 5.41) is 0. The summed E-state index contributed by atoms with van der Waals surface area (Å²) >= 11 is 0. The van der Waals surface area contributed by atoms with Crippen LogP contribution in [-0.4, -0.2) is 49.8 Å². The first-order valence-corrected chi connectivity index (χ1v) is 4.32. The van der Waals surface area contributed by atoms with Crippen molar-refractivity contribution in [2.75, 3.05) is 28.2 Å². The fourth-order valence-corrected chi connectivity index (χ4v) is 0.406. The number of carbonyl (C=O) groups excluding carboxylic acids is 2. The zero-order valence-corrected chi connectivity index (χ0v) is 9.78. The molecule has 0 aromatic carbocycles. The van der Waals surface area contributed by atoms with Crippen molar-refractivity contribution in [1.82, 2.24) is 9.80 Å². The molecule has 0 aromatic rings. The third-order valence-corrected chi connectivity index (χ3v) is 1.29. The maximum Gasteiger partial charge on any atom is 0.248 e. The predicted octanol–water partition coefficient (Wildman–Crippen LogP) is 1.12. The van der Waals surface area contributed by atoms with E-state index in [1.54, 1.807) is 28.2 Å². The van der Waals surface area contributed by atoms with E-state index >= 15 is 0 Å². The highest BCUT2D eigenvalue weighted by atomic mass is 19.1. The number of likely N-dealkylation sites (N-methyl/N-ethyl adjacent to an activating group) is 2. The van der Waals surface area contributed by atoms with E-state index in [1.807, 2.05) is 0 Å². The van der Waals surface area contributed by atoms with E-state index in [1.165, 1.54) is 9.80 Å². The highest BCUT2D eigenvalue weighted by Crippen LogP contribution is 1.81. The molecule has 0 fully saturated rings. The van der Waals surface area contributed by atoms with Gasteiger partial charge in [-0.25, -0.2) is 8.78 Å². The molecule has 0 aliphatic rings. The Labute approximate surface area is 93.8 Å². The third-order valence-electron chi connectivity index (χ3n) is 1.29. The van der Waals surface area contributed by atoms with E-state index in [0.717, 1.165) is 12.2 Å². The number of carbonyl (C=O) groups is 2. The average molecular weight is 234 g/mol. The van der Waals surface area contributed by atoms with E-state index in [4.69, 9.17) is 0 Å². The summed E-state index contributed by atoms with van der Waals surface area (Å²) in [6.07, 6.45) is 2.17. The number of halogens is 2. The second-order valence-corrected chi connectivity index (χ2v) is 3.05. The Morgan fingerprint density at radius 3 is 1.12 bits per heavy atom. The second kappa shape index (κ2) is 9.82. The summed E-state index contributed by atoms with van der Waals surface area (Å²) in [5.41, 5.74) is 0. The van der Waals surface area contributed by atoms with Gasteiger partial charge in [0.05, 0.1) is 12.7 Å². The summed E-state index contributed by atoms with van der Waals surface area (Å²) < 4.78 is 22.4. The predicted molar refractivity (Wildman–Crippen MR) is 57.9 cm³/mol. The van der Waals surface area contributed by atoms with Crippen LogP contribution in [0.15, 0.2) is 24.8 Å². The fraction of sp³-hybridized carbons (Fsp3) is 0.400. The van der Waals surface area contributed by atoms with Gasteiger partial charge in [-0.05, 0) is 0 Å². The van der Waals surface area contributed by atoms with Gasteiger partial charge in [0.2, 0.25) is 11.8 Å².